The van der Waals surface area contributed by atoms with Gasteiger partial charge in [-0.2, -0.15) is 0 Å². The SMILES string of the molecule is CC(C)=CCC/C(C)=C/C(=O)OCCCCCCC(CCCCCCOC(=O)/C=C(\C)CCC=C(C)C)OC(=O)CCCN(C)C.CC(C)=CCCC(C)CC(=O)OCCCCCCC(CCCCCCOC(=O)CC(C)CCC=C(C)C)OC(=O)CCCN(C)C. The second-order valence-electron chi connectivity index (χ2n) is 27.6. The zero-order valence-corrected chi connectivity index (χ0v) is 61.9. The minimum Gasteiger partial charge on any atom is -0.466 e. The first-order valence-corrected chi connectivity index (χ1v) is 36.0. The summed E-state index contributed by atoms with van der Waals surface area (Å²) in [6.45, 7) is 28.4. The van der Waals surface area contributed by atoms with Crippen molar-refractivity contribution in [2.75, 3.05) is 67.7 Å². The monoisotopic (exact) mass is 1300 g/mol. The van der Waals surface area contributed by atoms with Crippen LogP contribution in [0.4, 0.5) is 0 Å². The largest absolute Gasteiger partial charge is 0.466 e. The normalized spacial score (nSPS) is 12.8. The van der Waals surface area contributed by atoms with Gasteiger partial charge < -0.3 is 38.2 Å². The first-order chi connectivity index (χ1) is 43.8. The lowest BCUT2D eigenvalue weighted by molar-refractivity contribution is -0.151. The third-order valence-electron chi connectivity index (χ3n) is 15.6. The molecule has 0 saturated carbocycles. The van der Waals surface area contributed by atoms with E-state index in [1.54, 1.807) is 12.2 Å². The summed E-state index contributed by atoms with van der Waals surface area (Å²) in [5, 5.41) is 0. The van der Waals surface area contributed by atoms with Crippen molar-refractivity contribution in [1.82, 2.24) is 9.80 Å². The molecule has 0 N–H and O–H groups in total. The fraction of sp³-hybridized carbons (Fsp3) is 0.769. The number of unbranched alkanes of at least 4 members (excludes halogenated alkanes) is 12. The summed E-state index contributed by atoms with van der Waals surface area (Å²) in [6.07, 6.45) is 41.8. The Hall–Kier alpha value is -4.82. The predicted octanol–water partition coefficient (Wildman–Crippen LogP) is 19.4. The molecule has 2 atom stereocenters. The van der Waals surface area contributed by atoms with E-state index in [0.717, 1.165) is 217 Å². The molecule has 532 valence electrons. The Bertz CT molecular complexity index is 2000. The number of esters is 6. The summed E-state index contributed by atoms with van der Waals surface area (Å²) in [4.78, 5) is 77.5. The molecule has 14 heteroatoms. The van der Waals surface area contributed by atoms with E-state index in [0.29, 0.717) is 63.9 Å². The molecule has 0 spiro atoms. The van der Waals surface area contributed by atoms with Crippen LogP contribution in [0.25, 0.3) is 0 Å². The smallest absolute Gasteiger partial charge is 0.330 e. The van der Waals surface area contributed by atoms with Gasteiger partial charge in [0.25, 0.3) is 0 Å². The average molecular weight is 1300 g/mol. The molecule has 0 aliphatic heterocycles. The van der Waals surface area contributed by atoms with Crippen molar-refractivity contribution in [3.63, 3.8) is 0 Å². The second-order valence-corrected chi connectivity index (χ2v) is 27.6. The molecule has 0 amide bonds. The highest BCUT2D eigenvalue weighted by atomic mass is 16.6. The maximum absolute atomic E-state index is 12.5. The summed E-state index contributed by atoms with van der Waals surface area (Å²) in [7, 11) is 8.03. The molecule has 0 rings (SSSR count). The van der Waals surface area contributed by atoms with E-state index in [1.165, 1.54) is 22.3 Å². The molecule has 0 heterocycles. The van der Waals surface area contributed by atoms with Gasteiger partial charge in [-0.1, -0.05) is 123 Å². The Morgan fingerprint density at radius 1 is 0.326 bits per heavy atom. The summed E-state index contributed by atoms with van der Waals surface area (Å²) < 4.78 is 33.5. The highest BCUT2D eigenvalue weighted by molar-refractivity contribution is 5.83. The Kier molecular flexibility index (Phi) is 59.2. The van der Waals surface area contributed by atoms with Crippen LogP contribution < -0.4 is 0 Å². The van der Waals surface area contributed by atoms with Crippen LogP contribution in [0.15, 0.2) is 69.9 Å². The lowest BCUT2D eigenvalue weighted by atomic mass is 10.0. The van der Waals surface area contributed by atoms with E-state index in [4.69, 9.17) is 28.4 Å². The van der Waals surface area contributed by atoms with E-state index >= 15 is 0 Å². The summed E-state index contributed by atoms with van der Waals surface area (Å²) >= 11 is 0. The Morgan fingerprint density at radius 3 is 0.902 bits per heavy atom. The number of rotatable bonds is 56. The van der Waals surface area contributed by atoms with Crippen LogP contribution in [0.5, 0.6) is 0 Å². The second kappa shape index (κ2) is 61.1. The molecule has 0 aliphatic carbocycles. The van der Waals surface area contributed by atoms with Crippen LogP contribution in [-0.2, 0) is 57.2 Å². The lowest BCUT2D eigenvalue weighted by Crippen LogP contribution is -2.20. The maximum atomic E-state index is 12.5. The zero-order valence-electron chi connectivity index (χ0n) is 61.9. The highest BCUT2D eigenvalue weighted by Gasteiger charge is 2.17. The number of nitrogens with zero attached hydrogens (tertiary/aromatic N) is 2. The van der Waals surface area contributed by atoms with Crippen LogP contribution in [0.2, 0.25) is 0 Å². The Morgan fingerprint density at radius 2 is 0.609 bits per heavy atom. The molecule has 92 heavy (non-hydrogen) atoms. The van der Waals surface area contributed by atoms with Crippen molar-refractivity contribution in [3.8, 4) is 0 Å². The Balaban J connectivity index is 0. The standard InChI is InChI=1S/C39H71NO6.C39H67NO6/c2*1-32(2)20-17-22-34(5)30-38(42)44-28-15-11-9-13-24-36(46-37(41)26-19-27-40(7)8)25-14-10-12-16-29-45-39(43)31-35(6)23-18-21-33(3)4/h20-21,34-36H,9-19,22-31H2,1-8H3;20-21,30-31,36H,9-19,22-29H2,1-8H3/b;34-30+,35-31+. The number of hydrogen-bond donors (Lipinski definition) is 0. The molecule has 2 unspecified atom stereocenters. The molecule has 0 aromatic carbocycles. The molecule has 14 nitrogen and oxygen atoms in total. The number of hydrogen-bond acceptors (Lipinski definition) is 14. The quantitative estimate of drug-likeness (QED) is 0.0186. The highest BCUT2D eigenvalue weighted by Crippen LogP contribution is 2.21. The number of carbonyl (C=O) groups excluding carboxylic acids is 6. The van der Waals surface area contributed by atoms with Gasteiger partial charge >= 0.3 is 35.8 Å². The summed E-state index contributed by atoms with van der Waals surface area (Å²) in [5.74, 6) is -0.239. The van der Waals surface area contributed by atoms with Crippen LogP contribution in [0, 0.1) is 11.8 Å². The van der Waals surface area contributed by atoms with Gasteiger partial charge in [0, 0.05) is 37.8 Å². The molecule has 0 aromatic rings. The van der Waals surface area contributed by atoms with Crippen molar-refractivity contribution in [1.29, 1.82) is 0 Å². The molecule has 0 radical (unpaired) electrons. The minimum atomic E-state index is -0.258. The Labute approximate surface area is 563 Å². The van der Waals surface area contributed by atoms with Crippen molar-refractivity contribution < 1.29 is 57.2 Å². The molecule has 0 fully saturated rings. The lowest BCUT2D eigenvalue weighted by Gasteiger charge is -2.18. The summed E-state index contributed by atoms with van der Waals surface area (Å²) in [5.41, 5.74) is 7.29. The van der Waals surface area contributed by atoms with Crippen LogP contribution >= 0.6 is 0 Å². The number of ether oxygens (including phenoxy) is 6. The van der Waals surface area contributed by atoms with E-state index in [2.05, 4.69) is 103 Å². The van der Waals surface area contributed by atoms with Gasteiger partial charge in [0.15, 0.2) is 0 Å². The van der Waals surface area contributed by atoms with E-state index < -0.39 is 0 Å². The van der Waals surface area contributed by atoms with Crippen molar-refractivity contribution in [2.45, 2.75) is 314 Å². The topological polar surface area (TPSA) is 164 Å². The van der Waals surface area contributed by atoms with Crippen LogP contribution in [0.1, 0.15) is 301 Å². The fourth-order valence-electron chi connectivity index (χ4n) is 10.1. The third kappa shape index (κ3) is 66.6. The van der Waals surface area contributed by atoms with Gasteiger partial charge in [-0.3, -0.25) is 19.2 Å². The van der Waals surface area contributed by atoms with Crippen LogP contribution in [0.3, 0.4) is 0 Å². The molecule has 0 aliphatic rings. The van der Waals surface area contributed by atoms with Gasteiger partial charge in [-0.15, -0.1) is 0 Å². The average Bonchev–Trinajstić information content (AvgIpc) is 3.62. The van der Waals surface area contributed by atoms with Crippen LogP contribution in [-0.4, -0.2) is 126 Å². The van der Waals surface area contributed by atoms with E-state index in [-0.39, 0.29) is 48.0 Å². The van der Waals surface area contributed by atoms with Gasteiger partial charge in [0.2, 0.25) is 0 Å². The third-order valence-corrected chi connectivity index (χ3v) is 15.6. The van der Waals surface area contributed by atoms with Crippen molar-refractivity contribution in [3.05, 3.63) is 69.9 Å². The molecular weight excluding hydrogens is 1160 g/mol. The van der Waals surface area contributed by atoms with Gasteiger partial charge in [0.05, 0.1) is 26.4 Å². The number of carbonyl (C=O) groups is 6. The van der Waals surface area contributed by atoms with Crippen molar-refractivity contribution in [2.24, 2.45) is 11.8 Å². The van der Waals surface area contributed by atoms with Gasteiger partial charge in [-0.05, 0) is 264 Å². The van der Waals surface area contributed by atoms with Crippen molar-refractivity contribution >= 4 is 35.8 Å². The van der Waals surface area contributed by atoms with E-state index in [1.807, 2.05) is 42.0 Å². The maximum Gasteiger partial charge on any atom is 0.330 e. The molecule has 0 bridgehead atoms. The molecular formula is C78H138N2O12. The molecule has 0 saturated heterocycles. The first-order valence-electron chi connectivity index (χ1n) is 36.0. The number of allylic oxidation sites excluding steroid dienone is 10. The van der Waals surface area contributed by atoms with E-state index in [9.17, 15) is 28.8 Å². The van der Waals surface area contributed by atoms with Gasteiger partial charge in [0.1, 0.15) is 12.2 Å². The predicted molar refractivity (Wildman–Crippen MR) is 381 cm³/mol. The zero-order chi connectivity index (χ0) is 69.2. The fourth-order valence-corrected chi connectivity index (χ4v) is 10.1. The van der Waals surface area contributed by atoms with Gasteiger partial charge in [-0.25, -0.2) is 9.59 Å². The minimum absolute atomic E-state index is 0.0526. The summed E-state index contributed by atoms with van der Waals surface area (Å²) in [6, 6.07) is 0. The first kappa shape index (κ1) is 89.2. The molecule has 0 aromatic heterocycles.